The molecule has 130 valence electrons. The summed E-state index contributed by atoms with van der Waals surface area (Å²) in [5, 5.41) is 14.4. The van der Waals surface area contributed by atoms with Gasteiger partial charge in [-0.15, -0.1) is 11.8 Å². The molecule has 0 aliphatic carbocycles. The van der Waals surface area contributed by atoms with Crippen LogP contribution in [0.1, 0.15) is 36.6 Å². The van der Waals surface area contributed by atoms with Crippen molar-refractivity contribution in [1.82, 2.24) is 5.32 Å². The zero-order chi connectivity index (χ0) is 17.5. The second-order valence-corrected chi connectivity index (χ2v) is 7.87. The molecule has 2 rings (SSSR count). The molecule has 2 aromatic carbocycles. The molecule has 2 N–H and O–H groups in total. The second kappa shape index (κ2) is 9.47. The molecule has 0 radical (unpaired) electrons. The van der Waals surface area contributed by atoms with Crippen LogP contribution in [0.15, 0.2) is 47.4 Å². The minimum absolute atomic E-state index is 0.290. The summed E-state index contributed by atoms with van der Waals surface area (Å²) < 4.78 is 0. The van der Waals surface area contributed by atoms with Gasteiger partial charge in [-0.25, -0.2) is 0 Å². The Morgan fingerprint density at radius 1 is 1.21 bits per heavy atom. The molecule has 0 aliphatic heterocycles. The third kappa shape index (κ3) is 5.82. The fourth-order valence-electron chi connectivity index (χ4n) is 2.67. The first kappa shape index (κ1) is 19.3. The summed E-state index contributed by atoms with van der Waals surface area (Å²) in [6.07, 6.45) is 0.402. The lowest BCUT2D eigenvalue weighted by Gasteiger charge is -2.19. The topological polar surface area (TPSA) is 32.3 Å². The predicted octanol–water partition coefficient (Wildman–Crippen LogP) is 5.01. The SMILES string of the molecule is CCSc1cc(C)ccc1CC(C)NCC(O)c1cccc(Cl)c1. The van der Waals surface area contributed by atoms with Crippen LogP contribution in [0.5, 0.6) is 0 Å². The van der Waals surface area contributed by atoms with Crippen LogP contribution >= 0.6 is 23.4 Å². The standard InChI is InChI=1S/C20H26ClNOS/c1-4-24-20-10-14(2)8-9-17(20)11-15(3)22-13-19(23)16-6-5-7-18(21)12-16/h5-10,12,15,19,22-23H,4,11,13H2,1-3H3. The van der Waals surface area contributed by atoms with E-state index < -0.39 is 6.10 Å². The first-order chi connectivity index (χ1) is 11.5. The molecule has 2 atom stereocenters. The van der Waals surface area contributed by atoms with E-state index in [1.807, 2.05) is 36.0 Å². The van der Waals surface area contributed by atoms with Crippen molar-refractivity contribution in [2.24, 2.45) is 0 Å². The highest BCUT2D eigenvalue weighted by Gasteiger charge is 2.12. The molecule has 0 aliphatic rings. The highest BCUT2D eigenvalue weighted by molar-refractivity contribution is 7.99. The van der Waals surface area contributed by atoms with E-state index in [9.17, 15) is 5.11 Å². The smallest absolute Gasteiger partial charge is 0.0914 e. The number of halogens is 1. The van der Waals surface area contributed by atoms with Gasteiger partial charge in [0.25, 0.3) is 0 Å². The van der Waals surface area contributed by atoms with E-state index in [1.54, 1.807) is 0 Å². The monoisotopic (exact) mass is 363 g/mol. The largest absolute Gasteiger partial charge is 0.387 e. The lowest BCUT2D eigenvalue weighted by Crippen LogP contribution is -2.32. The molecule has 0 saturated heterocycles. The Labute approximate surface area is 154 Å². The molecule has 0 spiro atoms. The van der Waals surface area contributed by atoms with Gasteiger partial charge in [-0.3, -0.25) is 0 Å². The summed E-state index contributed by atoms with van der Waals surface area (Å²) in [5.41, 5.74) is 3.51. The van der Waals surface area contributed by atoms with Crippen LogP contribution < -0.4 is 5.32 Å². The van der Waals surface area contributed by atoms with Gasteiger partial charge in [-0.2, -0.15) is 0 Å². The Kier molecular flexibility index (Phi) is 7.63. The first-order valence-corrected chi connectivity index (χ1v) is 9.75. The van der Waals surface area contributed by atoms with Crippen molar-refractivity contribution in [2.45, 2.75) is 44.2 Å². The Hall–Kier alpha value is -1.00. The van der Waals surface area contributed by atoms with E-state index in [1.165, 1.54) is 16.0 Å². The van der Waals surface area contributed by atoms with Gasteiger partial charge in [0.1, 0.15) is 0 Å². The Bertz CT molecular complexity index is 662. The van der Waals surface area contributed by atoms with Gasteiger partial charge >= 0.3 is 0 Å². The molecule has 0 heterocycles. The normalized spacial score (nSPS) is 13.7. The highest BCUT2D eigenvalue weighted by Crippen LogP contribution is 2.25. The van der Waals surface area contributed by atoms with Crippen LogP contribution in [0.4, 0.5) is 0 Å². The van der Waals surface area contributed by atoms with Crippen LogP contribution in [0, 0.1) is 6.92 Å². The number of nitrogens with one attached hydrogen (secondary N) is 1. The van der Waals surface area contributed by atoms with Crippen molar-refractivity contribution < 1.29 is 5.11 Å². The van der Waals surface area contributed by atoms with Crippen molar-refractivity contribution in [1.29, 1.82) is 0 Å². The molecule has 0 aromatic heterocycles. The molecule has 4 heteroatoms. The van der Waals surface area contributed by atoms with Crippen molar-refractivity contribution in [3.05, 3.63) is 64.2 Å². The number of aliphatic hydroxyl groups is 1. The lowest BCUT2D eigenvalue weighted by molar-refractivity contribution is 0.170. The Morgan fingerprint density at radius 2 is 2.00 bits per heavy atom. The number of hydrogen-bond acceptors (Lipinski definition) is 3. The molecule has 24 heavy (non-hydrogen) atoms. The van der Waals surface area contributed by atoms with Crippen molar-refractivity contribution in [3.8, 4) is 0 Å². The number of benzene rings is 2. The fraction of sp³-hybridized carbons (Fsp3) is 0.400. The van der Waals surface area contributed by atoms with E-state index in [0.29, 0.717) is 11.6 Å². The molecular formula is C20H26ClNOS. The van der Waals surface area contributed by atoms with Crippen LogP contribution in [-0.4, -0.2) is 23.4 Å². The van der Waals surface area contributed by atoms with E-state index in [-0.39, 0.29) is 6.04 Å². The molecule has 0 saturated carbocycles. The molecule has 0 fully saturated rings. The van der Waals surface area contributed by atoms with Gasteiger partial charge < -0.3 is 10.4 Å². The van der Waals surface area contributed by atoms with Gasteiger partial charge in [0.05, 0.1) is 6.10 Å². The summed E-state index contributed by atoms with van der Waals surface area (Å²) in [4.78, 5) is 1.36. The van der Waals surface area contributed by atoms with E-state index in [2.05, 4.69) is 44.3 Å². The van der Waals surface area contributed by atoms with Crippen LogP contribution in [0.2, 0.25) is 5.02 Å². The van der Waals surface area contributed by atoms with Gasteiger partial charge in [0.2, 0.25) is 0 Å². The maximum absolute atomic E-state index is 10.3. The summed E-state index contributed by atoms with van der Waals surface area (Å²) in [6, 6.07) is 14.3. The fourth-order valence-corrected chi connectivity index (χ4v) is 3.78. The van der Waals surface area contributed by atoms with E-state index >= 15 is 0 Å². The number of aliphatic hydroxyl groups excluding tert-OH is 1. The Morgan fingerprint density at radius 3 is 2.71 bits per heavy atom. The molecule has 0 amide bonds. The average molecular weight is 364 g/mol. The quantitative estimate of drug-likeness (QED) is 0.646. The summed E-state index contributed by atoms with van der Waals surface area (Å²) in [6.45, 7) is 6.99. The van der Waals surface area contributed by atoms with Crippen LogP contribution in [0.25, 0.3) is 0 Å². The third-order valence-electron chi connectivity index (χ3n) is 3.94. The predicted molar refractivity (Wildman–Crippen MR) is 105 cm³/mol. The van der Waals surface area contributed by atoms with Crippen LogP contribution in [0.3, 0.4) is 0 Å². The maximum Gasteiger partial charge on any atom is 0.0914 e. The molecule has 2 aromatic rings. The molecule has 2 nitrogen and oxygen atoms in total. The van der Waals surface area contributed by atoms with Gasteiger partial charge in [0.15, 0.2) is 0 Å². The number of hydrogen-bond donors (Lipinski definition) is 2. The average Bonchev–Trinajstić information content (AvgIpc) is 2.55. The van der Waals surface area contributed by atoms with Crippen LogP contribution in [-0.2, 0) is 6.42 Å². The summed E-state index contributed by atoms with van der Waals surface area (Å²) in [7, 11) is 0. The van der Waals surface area contributed by atoms with Crippen molar-refractivity contribution in [2.75, 3.05) is 12.3 Å². The summed E-state index contributed by atoms with van der Waals surface area (Å²) in [5.74, 6) is 1.08. The van der Waals surface area contributed by atoms with Crippen molar-refractivity contribution >= 4 is 23.4 Å². The first-order valence-electron chi connectivity index (χ1n) is 8.38. The minimum atomic E-state index is -0.548. The number of rotatable bonds is 8. The van der Waals surface area contributed by atoms with Gasteiger partial charge in [-0.05, 0) is 55.3 Å². The van der Waals surface area contributed by atoms with E-state index in [0.717, 1.165) is 17.7 Å². The lowest BCUT2D eigenvalue weighted by atomic mass is 10.0. The zero-order valence-electron chi connectivity index (χ0n) is 14.6. The number of aryl methyl sites for hydroxylation is 1. The van der Waals surface area contributed by atoms with E-state index in [4.69, 9.17) is 11.6 Å². The second-order valence-electron chi connectivity index (χ2n) is 6.13. The molecular weight excluding hydrogens is 338 g/mol. The highest BCUT2D eigenvalue weighted by atomic mass is 35.5. The minimum Gasteiger partial charge on any atom is -0.387 e. The van der Waals surface area contributed by atoms with Gasteiger partial charge in [-0.1, -0.05) is 48.4 Å². The molecule has 2 unspecified atom stereocenters. The number of thioether (sulfide) groups is 1. The Balaban J connectivity index is 1.92. The van der Waals surface area contributed by atoms with Gasteiger partial charge in [0, 0.05) is 22.5 Å². The summed E-state index contributed by atoms with van der Waals surface area (Å²) >= 11 is 7.87. The molecule has 0 bridgehead atoms. The van der Waals surface area contributed by atoms with Crippen molar-refractivity contribution in [3.63, 3.8) is 0 Å². The zero-order valence-corrected chi connectivity index (χ0v) is 16.1. The maximum atomic E-state index is 10.3. The third-order valence-corrected chi connectivity index (χ3v) is 5.16.